The first-order valence-corrected chi connectivity index (χ1v) is 13.2. The van der Waals surface area contributed by atoms with Crippen molar-refractivity contribution in [2.45, 2.75) is 68.3 Å². The molecule has 3 heterocycles. The quantitative estimate of drug-likeness (QED) is 0.591. The van der Waals surface area contributed by atoms with Gasteiger partial charge in [-0.3, -0.25) is 9.69 Å². The molecule has 1 aromatic carbocycles. The maximum atomic E-state index is 13.9. The van der Waals surface area contributed by atoms with Crippen LogP contribution in [-0.2, 0) is 10.2 Å². The second kappa shape index (κ2) is 9.39. The molecule has 2 aliphatic heterocycles. The van der Waals surface area contributed by atoms with E-state index in [0.29, 0.717) is 24.4 Å². The third kappa shape index (κ3) is 4.40. The van der Waals surface area contributed by atoms with Crippen LogP contribution in [0.5, 0.6) is 0 Å². The van der Waals surface area contributed by atoms with Crippen molar-refractivity contribution in [3.8, 4) is 11.1 Å². The van der Waals surface area contributed by atoms with Gasteiger partial charge in [-0.15, -0.1) is 0 Å². The summed E-state index contributed by atoms with van der Waals surface area (Å²) in [5.41, 5.74) is 9.81. The lowest BCUT2D eigenvalue weighted by Crippen LogP contribution is -2.43. The van der Waals surface area contributed by atoms with E-state index < -0.39 is 12.3 Å². The first kappa shape index (κ1) is 23.8. The van der Waals surface area contributed by atoms with Crippen LogP contribution in [0.25, 0.3) is 11.1 Å². The standard InChI is InChI=1S/C28H35FN4O3/c29-24-12-21(5-6-25(24)34)32-27(35)23-11-18(14-31-26(23)30)17-1-3-19(4-2-17)28-13-20(28)15-33(16-28)22-7-9-36-10-8-22/h1-4,11,14,20-22,24-25,34H,5-10,12-13,15-16H2,(H2,30,31)(H,32,35). The van der Waals surface area contributed by atoms with Gasteiger partial charge >= 0.3 is 0 Å². The highest BCUT2D eigenvalue weighted by atomic mass is 19.1. The van der Waals surface area contributed by atoms with E-state index in [9.17, 15) is 14.3 Å². The number of nitrogens with one attached hydrogen (secondary N) is 1. The third-order valence-electron chi connectivity index (χ3n) is 8.91. The van der Waals surface area contributed by atoms with Crippen molar-refractivity contribution in [1.29, 1.82) is 0 Å². The number of hydrogen-bond acceptors (Lipinski definition) is 6. The van der Waals surface area contributed by atoms with Crippen LogP contribution in [-0.4, -0.2) is 71.6 Å². The largest absolute Gasteiger partial charge is 0.390 e. The van der Waals surface area contributed by atoms with E-state index in [0.717, 1.165) is 49.6 Å². The number of nitrogens with two attached hydrogens (primary N) is 1. The number of hydrogen-bond donors (Lipinski definition) is 3. The summed E-state index contributed by atoms with van der Waals surface area (Å²) in [6.07, 6.45) is 3.94. The molecule has 4 N–H and O–H groups in total. The van der Waals surface area contributed by atoms with Gasteiger partial charge in [-0.2, -0.15) is 0 Å². The second-order valence-corrected chi connectivity index (χ2v) is 11.1. The van der Waals surface area contributed by atoms with Crippen LogP contribution < -0.4 is 11.1 Å². The molecule has 0 radical (unpaired) electrons. The summed E-state index contributed by atoms with van der Waals surface area (Å²) in [6, 6.07) is 10.8. The number of halogens is 1. The van der Waals surface area contributed by atoms with Gasteiger partial charge in [-0.1, -0.05) is 24.3 Å². The van der Waals surface area contributed by atoms with Crippen molar-refractivity contribution in [1.82, 2.24) is 15.2 Å². The summed E-state index contributed by atoms with van der Waals surface area (Å²) in [5.74, 6) is 0.537. The van der Waals surface area contributed by atoms with Crippen LogP contribution in [0.3, 0.4) is 0 Å². The molecule has 36 heavy (non-hydrogen) atoms. The Morgan fingerprint density at radius 2 is 1.94 bits per heavy atom. The molecule has 0 spiro atoms. The number of anilines is 1. The van der Waals surface area contributed by atoms with Gasteiger partial charge in [0.05, 0.1) is 11.7 Å². The molecule has 2 aromatic rings. The maximum absolute atomic E-state index is 13.9. The van der Waals surface area contributed by atoms with Gasteiger partial charge in [0.1, 0.15) is 12.0 Å². The lowest BCUT2D eigenvalue weighted by atomic mass is 9.91. The normalized spacial score (nSPS) is 32.7. The molecule has 4 aliphatic rings. The number of carbonyl (C=O) groups is 1. The summed E-state index contributed by atoms with van der Waals surface area (Å²) >= 11 is 0. The van der Waals surface area contributed by atoms with Gasteiger partial charge in [0.15, 0.2) is 0 Å². The molecule has 4 fully saturated rings. The number of alkyl halides is 1. The average molecular weight is 495 g/mol. The molecule has 2 saturated carbocycles. The van der Waals surface area contributed by atoms with Crippen molar-refractivity contribution in [2.24, 2.45) is 5.92 Å². The van der Waals surface area contributed by atoms with E-state index in [-0.39, 0.29) is 29.6 Å². The number of ether oxygens (including phenoxy) is 1. The number of likely N-dealkylation sites (tertiary alicyclic amines) is 1. The van der Waals surface area contributed by atoms with Crippen molar-refractivity contribution in [3.63, 3.8) is 0 Å². The summed E-state index contributed by atoms with van der Waals surface area (Å²) in [6.45, 7) is 4.08. The molecule has 5 unspecified atom stereocenters. The molecule has 0 bridgehead atoms. The van der Waals surface area contributed by atoms with E-state index in [1.54, 1.807) is 12.3 Å². The van der Waals surface area contributed by atoms with Crippen molar-refractivity contribution < 1.29 is 19.0 Å². The number of aliphatic hydroxyl groups is 1. The van der Waals surface area contributed by atoms with Crippen molar-refractivity contribution in [3.05, 3.63) is 47.7 Å². The number of nitrogen functional groups attached to an aromatic ring is 1. The minimum Gasteiger partial charge on any atom is -0.390 e. The Bertz CT molecular complexity index is 1120. The molecule has 7 nitrogen and oxygen atoms in total. The fourth-order valence-corrected chi connectivity index (χ4v) is 6.60. The van der Waals surface area contributed by atoms with Gasteiger partial charge in [0.25, 0.3) is 5.91 Å². The Kier molecular flexibility index (Phi) is 6.22. The number of rotatable bonds is 5. The first-order chi connectivity index (χ1) is 17.4. The van der Waals surface area contributed by atoms with Crippen LogP contribution in [0.4, 0.5) is 10.2 Å². The Balaban J connectivity index is 1.14. The van der Waals surface area contributed by atoms with Crippen molar-refractivity contribution >= 4 is 11.7 Å². The summed E-state index contributed by atoms with van der Waals surface area (Å²) < 4.78 is 19.4. The smallest absolute Gasteiger partial charge is 0.255 e. The maximum Gasteiger partial charge on any atom is 0.255 e. The SMILES string of the molecule is Nc1ncc(-c2ccc(C34CC3CN(C3CCOCC3)C4)cc2)cc1C(=O)NC1CCC(O)C(F)C1. The lowest BCUT2D eigenvalue weighted by Gasteiger charge is -2.33. The molecule has 5 atom stereocenters. The average Bonchev–Trinajstić information content (AvgIpc) is 3.47. The number of aliphatic hydroxyl groups excluding tert-OH is 1. The Morgan fingerprint density at radius 3 is 2.69 bits per heavy atom. The number of pyridine rings is 1. The summed E-state index contributed by atoms with van der Waals surface area (Å²) in [5, 5.41) is 12.5. The van der Waals surface area contributed by atoms with E-state index in [1.807, 2.05) is 0 Å². The number of benzene rings is 1. The zero-order chi connectivity index (χ0) is 24.9. The number of piperidine rings is 1. The van der Waals surface area contributed by atoms with Crippen LogP contribution in [0, 0.1) is 5.92 Å². The topological polar surface area (TPSA) is 101 Å². The van der Waals surface area contributed by atoms with E-state index in [4.69, 9.17) is 10.5 Å². The molecular weight excluding hydrogens is 459 g/mol. The van der Waals surface area contributed by atoms with Gasteiger partial charge in [-0.05, 0) is 55.2 Å². The van der Waals surface area contributed by atoms with Gasteiger partial charge < -0.3 is 20.9 Å². The fourth-order valence-electron chi connectivity index (χ4n) is 6.60. The monoisotopic (exact) mass is 494 g/mol. The van der Waals surface area contributed by atoms with Crippen LogP contribution in [0.2, 0.25) is 0 Å². The highest BCUT2D eigenvalue weighted by Gasteiger charge is 2.61. The molecular formula is C28H35FN4O3. The van der Waals surface area contributed by atoms with Crippen LogP contribution >= 0.6 is 0 Å². The summed E-state index contributed by atoms with van der Waals surface area (Å²) in [7, 11) is 0. The minimum atomic E-state index is -1.32. The highest BCUT2D eigenvalue weighted by molar-refractivity contribution is 5.99. The molecule has 6 rings (SSSR count). The van der Waals surface area contributed by atoms with Crippen molar-refractivity contribution in [2.75, 3.05) is 32.0 Å². The van der Waals surface area contributed by atoms with E-state index in [2.05, 4.69) is 39.5 Å². The Morgan fingerprint density at radius 1 is 1.17 bits per heavy atom. The third-order valence-corrected chi connectivity index (χ3v) is 8.91. The molecule has 192 valence electrons. The zero-order valence-corrected chi connectivity index (χ0v) is 20.5. The lowest BCUT2D eigenvalue weighted by molar-refractivity contribution is 0.0319. The molecule has 2 aliphatic carbocycles. The number of amides is 1. The minimum absolute atomic E-state index is 0.107. The van der Waals surface area contributed by atoms with Gasteiger partial charge in [0, 0.05) is 62.0 Å². The number of nitrogens with zero attached hydrogens (tertiary/aromatic N) is 2. The predicted molar refractivity (Wildman–Crippen MR) is 135 cm³/mol. The number of aromatic nitrogens is 1. The number of fused-ring (bicyclic) bond motifs is 1. The summed E-state index contributed by atoms with van der Waals surface area (Å²) in [4.78, 5) is 19.9. The van der Waals surface area contributed by atoms with E-state index >= 15 is 0 Å². The Labute approximate surface area is 211 Å². The molecule has 1 aromatic heterocycles. The highest BCUT2D eigenvalue weighted by Crippen LogP contribution is 2.59. The second-order valence-electron chi connectivity index (χ2n) is 11.1. The zero-order valence-electron chi connectivity index (χ0n) is 20.5. The molecule has 8 heteroatoms. The first-order valence-electron chi connectivity index (χ1n) is 13.2. The predicted octanol–water partition coefficient (Wildman–Crippen LogP) is 3.06. The van der Waals surface area contributed by atoms with Crippen LogP contribution in [0.1, 0.15) is 54.4 Å². The van der Waals surface area contributed by atoms with E-state index in [1.165, 1.54) is 18.5 Å². The fraction of sp³-hybridized carbons (Fsp3) is 0.571. The van der Waals surface area contributed by atoms with Gasteiger partial charge in [-0.25, -0.2) is 9.37 Å². The number of carbonyl (C=O) groups excluding carboxylic acids is 1. The Hall–Kier alpha value is -2.55. The molecule has 1 amide bonds. The molecule has 2 saturated heterocycles. The van der Waals surface area contributed by atoms with Crippen LogP contribution in [0.15, 0.2) is 36.5 Å². The van der Waals surface area contributed by atoms with Gasteiger partial charge in [0.2, 0.25) is 0 Å².